The molecule has 1 aromatic rings. The van der Waals surface area contributed by atoms with Gasteiger partial charge in [0.2, 0.25) is 5.91 Å². The first-order valence-electron chi connectivity index (χ1n) is 7.27. The van der Waals surface area contributed by atoms with Crippen molar-refractivity contribution < 1.29 is 4.79 Å². The monoisotopic (exact) mass is 260 g/mol. The number of carbonyl (C=O) groups excluding carboxylic acids is 1. The van der Waals surface area contributed by atoms with Crippen molar-refractivity contribution in [2.75, 3.05) is 6.54 Å². The predicted octanol–water partition coefficient (Wildman–Crippen LogP) is 2.70. The largest absolute Gasteiger partial charge is 0.348 e. The lowest BCUT2D eigenvalue weighted by Gasteiger charge is -2.20. The molecule has 3 nitrogen and oxygen atoms in total. The van der Waals surface area contributed by atoms with Crippen LogP contribution < -0.4 is 10.6 Å². The average Bonchev–Trinajstić information content (AvgIpc) is 2.68. The third-order valence-electron chi connectivity index (χ3n) is 3.81. The number of rotatable bonds is 3. The fraction of sp³-hybridized carbons (Fsp3) is 0.562. The Balaban J connectivity index is 1.92. The van der Waals surface area contributed by atoms with Crippen molar-refractivity contribution in [3.05, 3.63) is 35.4 Å². The van der Waals surface area contributed by atoms with Gasteiger partial charge in [0, 0.05) is 0 Å². The average molecular weight is 260 g/mol. The van der Waals surface area contributed by atoms with Crippen LogP contribution in [-0.2, 0) is 4.79 Å². The van der Waals surface area contributed by atoms with Crippen molar-refractivity contribution in [3.8, 4) is 0 Å². The second-order valence-corrected chi connectivity index (χ2v) is 5.50. The van der Waals surface area contributed by atoms with Crippen LogP contribution in [0.5, 0.6) is 0 Å². The molecular weight excluding hydrogens is 236 g/mol. The molecule has 0 aliphatic carbocycles. The van der Waals surface area contributed by atoms with E-state index in [-0.39, 0.29) is 18.0 Å². The van der Waals surface area contributed by atoms with Crippen LogP contribution in [0.3, 0.4) is 0 Å². The van der Waals surface area contributed by atoms with Crippen molar-refractivity contribution in [1.29, 1.82) is 0 Å². The van der Waals surface area contributed by atoms with Crippen LogP contribution in [0.15, 0.2) is 24.3 Å². The molecule has 1 fully saturated rings. The van der Waals surface area contributed by atoms with Crippen molar-refractivity contribution in [3.63, 3.8) is 0 Å². The number of benzene rings is 1. The first kappa shape index (κ1) is 14.1. The number of carbonyl (C=O) groups is 1. The van der Waals surface area contributed by atoms with Crippen molar-refractivity contribution >= 4 is 5.91 Å². The summed E-state index contributed by atoms with van der Waals surface area (Å²) in [6.45, 7) is 5.07. The van der Waals surface area contributed by atoms with E-state index in [1.165, 1.54) is 18.4 Å². The van der Waals surface area contributed by atoms with E-state index in [9.17, 15) is 4.79 Å². The van der Waals surface area contributed by atoms with Gasteiger partial charge in [0.15, 0.2) is 0 Å². The zero-order chi connectivity index (χ0) is 13.7. The molecule has 1 amide bonds. The molecule has 1 aliphatic rings. The van der Waals surface area contributed by atoms with Gasteiger partial charge in [-0.2, -0.15) is 0 Å². The predicted molar refractivity (Wildman–Crippen MR) is 78.0 cm³/mol. The SMILES string of the molecule is Cc1ccc([C@@H](C)NC(=O)C2CCCCCN2)cc1. The minimum Gasteiger partial charge on any atom is -0.348 e. The topological polar surface area (TPSA) is 41.1 Å². The molecule has 0 spiro atoms. The van der Waals surface area contributed by atoms with Crippen LogP contribution >= 0.6 is 0 Å². The molecule has 1 saturated heterocycles. The molecule has 1 unspecified atom stereocenters. The maximum Gasteiger partial charge on any atom is 0.237 e. The Hall–Kier alpha value is -1.35. The van der Waals surface area contributed by atoms with Gasteiger partial charge in [-0.05, 0) is 38.8 Å². The second kappa shape index (κ2) is 6.71. The van der Waals surface area contributed by atoms with E-state index in [1.807, 2.05) is 6.92 Å². The van der Waals surface area contributed by atoms with Crippen molar-refractivity contribution in [2.45, 2.75) is 51.6 Å². The molecule has 2 rings (SSSR count). The first-order valence-corrected chi connectivity index (χ1v) is 7.27. The van der Waals surface area contributed by atoms with Crippen LogP contribution in [0.2, 0.25) is 0 Å². The van der Waals surface area contributed by atoms with E-state index in [2.05, 4.69) is 41.8 Å². The lowest BCUT2D eigenvalue weighted by Crippen LogP contribution is -2.44. The van der Waals surface area contributed by atoms with Crippen LogP contribution in [0, 0.1) is 6.92 Å². The summed E-state index contributed by atoms with van der Waals surface area (Å²) in [5.74, 6) is 0.134. The highest BCUT2D eigenvalue weighted by Gasteiger charge is 2.21. The Morgan fingerprint density at radius 3 is 2.74 bits per heavy atom. The Morgan fingerprint density at radius 1 is 1.26 bits per heavy atom. The van der Waals surface area contributed by atoms with Crippen LogP contribution in [0.1, 0.15) is 49.8 Å². The van der Waals surface area contributed by atoms with E-state index in [1.54, 1.807) is 0 Å². The number of amides is 1. The van der Waals surface area contributed by atoms with E-state index < -0.39 is 0 Å². The highest BCUT2D eigenvalue weighted by molar-refractivity contribution is 5.82. The Labute approximate surface area is 115 Å². The first-order chi connectivity index (χ1) is 9.16. The van der Waals surface area contributed by atoms with Gasteiger partial charge < -0.3 is 10.6 Å². The van der Waals surface area contributed by atoms with E-state index >= 15 is 0 Å². The zero-order valence-corrected chi connectivity index (χ0v) is 11.9. The zero-order valence-electron chi connectivity index (χ0n) is 11.9. The molecule has 0 aromatic heterocycles. The van der Waals surface area contributed by atoms with E-state index in [4.69, 9.17) is 0 Å². The van der Waals surface area contributed by atoms with Crippen molar-refractivity contribution in [1.82, 2.24) is 10.6 Å². The summed E-state index contributed by atoms with van der Waals surface area (Å²) in [5.41, 5.74) is 2.40. The highest BCUT2D eigenvalue weighted by atomic mass is 16.2. The molecule has 0 bridgehead atoms. The molecule has 1 heterocycles. The lowest BCUT2D eigenvalue weighted by molar-refractivity contribution is -0.123. The standard InChI is InChI=1S/C16H24N2O/c1-12-7-9-14(10-8-12)13(2)18-16(19)15-6-4-3-5-11-17-15/h7-10,13,15,17H,3-6,11H2,1-2H3,(H,18,19)/t13-,15?/m1/s1. The van der Waals surface area contributed by atoms with Gasteiger partial charge in [0.05, 0.1) is 12.1 Å². The fourth-order valence-electron chi connectivity index (χ4n) is 2.50. The molecule has 19 heavy (non-hydrogen) atoms. The summed E-state index contributed by atoms with van der Waals surface area (Å²) in [4.78, 5) is 12.2. The minimum absolute atomic E-state index is 0.0181. The molecule has 0 saturated carbocycles. The Kier molecular flexibility index (Phi) is 4.97. The fourth-order valence-corrected chi connectivity index (χ4v) is 2.50. The Morgan fingerprint density at radius 2 is 2.00 bits per heavy atom. The lowest BCUT2D eigenvalue weighted by atomic mass is 10.1. The normalized spacial score (nSPS) is 21.5. The van der Waals surface area contributed by atoms with Gasteiger partial charge in [-0.15, -0.1) is 0 Å². The summed E-state index contributed by atoms with van der Waals surface area (Å²) in [6, 6.07) is 8.39. The van der Waals surface area contributed by atoms with Crippen LogP contribution in [0.25, 0.3) is 0 Å². The quantitative estimate of drug-likeness (QED) is 0.877. The summed E-state index contributed by atoms with van der Waals surface area (Å²) >= 11 is 0. The molecule has 3 heteroatoms. The number of hydrogen-bond donors (Lipinski definition) is 2. The Bertz CT molecular complexity index is 405. The minimum atomic E-state index is -0.0181. The van der Waals surface area contributed by atoms with Crippen LogP contribution in [-0.4, -0.2) is 18.5 Å². The molecule has 1 aliphatic heterocycles. The number of aryl methyl sites for hydroxylation is 1. The van der Waals surface area contributed by atoms with Gasteiger partial charge in [0.25, 0.3) is 0 Å². The van der Waals surface area contributed by atoms with E-state index in [0.29, 0.717) is 0 Å². The van der Waals surface area contributed by atoms with Gasteiger partial charge >= 0.3 is 0 Å². The van der Waals surface area contributed by atoms with Crippen LogP contribution in [0.4, 0.5) is 0 Å². The number of hydrogen-bond acceptors (Lipinski definition) is 2. The maximum atomic E-state index is 12.2. The third-order valence-corrected chi connectivity index (χ3v) is 3.81. The molecule has 2 N–H and O–H groups in total. The molecular formula is C16H24N2O. The van der Waals surface area contributed by atoms with Crippen molar-refractivity contribution in [2.24, 2.45) is 0 Å². The second-order valence-electron chi connectivity index (χ2n) is 5.50. The maximum absolute atomic E-state index is 12.2. The molecule has 0 radical (unpaired) electrons. The summed E-state index contributed by atoms with van der Waals surface area (Å²) in [7, 11) is 0. The van der Waals surface area contributed by atoms with Gasteiger partial charge in [-0.25, -0.2) is 0 Å². The smallest absolute Gasteiger partial charge is 0.237 e. The van der Waals surface area contributed by atoms with Gasteiger partial charge in [-0.3, -0.25) is 4.79 Å². The molecule has 2 atom stereocenters. The number of nitrogens with one attached hydrogen (secondary N) is 2. The summed E-state index contributed by atoms with van der Waals surface area (Å²) < 4.78 is 0. The summed E-state index contributed by atoms with van der Waals surface area (Å²) in [6.07, 6.45) is 4.50. The van der Waals surface area contributed by atoms with Gasteiger partial charge in [-0.1, -0.05) is 42.7 Å². The third kappa shape index (κ3) is 4.06. The molecule has 1 aromatic carbocycles. The van der Waals surface area contributed by atoms with E-state index in [0.717, 1.165) is 24.9 Å². The summed E-state index contributed by atoms with van der Waals surface area (Å²) in [5, 5.41) is 6.45. The molecule has 104 valence electrons. The van der Waals surface area contributed by atoms with Gasteiger partial charge in [0.1, 0.15) is 0 Å². The highest BCUT2D eigenvalue weighted by Crippen LogP contribution is 2.14.